The van der Waals surface area contributed by atoms with Crippen LogP contribution in [0.4, 0.5) is 5.69 Å². The first-order valence-corrected chi connectivity index (χ1v) is 21.1. The van der Waals surface area contributed by atoms with Gasteiger partial charge in [0.1, 0.15) is 0 Å². The molecule has 0 unspecified atom stereocenters. The molecule has 2 aromatic carbocycles. The third-order valence-corrected chi connectivity index (χ3v) is 22.8. The number of nitrogens with one attached hydrogen (secondary N) is 1. The van der Waals surface area contributed by atoms with Gasteiger partial charge in [-0.15, -0.1) is 0 Å². The van der Waals surface area contributed by atoms with Gasteiger partial charge in [0.05, 0.1) is 0 Å². The summed E-state index contributed by atoms with van der Waals surface area (Å²) in [6.07, 6.45) is 11.3. The minimum absolute atomic E-state index is 0.335. The number of para-hydroxylation sites is 1. The molecule has 0 radical (unpaired) electrons. The zero-order valence-electron chi connectivity index (χ0n) is 22.3. The number of carbonyl (C=O) groups is 1. The maximum absolute atomic E-state index is 13.1. The fraction of sp³-hybridized carbons (Fsp3) is 0.419. The topological polar surface area (TPSA) is 51.2 Å². The molecule has 0 aliphatic carbocycles. The van der Waals surface area contributed by atoms with E-state index < -0.39 is 18.4 Å². The zero-order valence-corrected chi connectivity index (χ0v) is 25.1. The van der Waals surface area contributed by atoms with Crippen molar-refractivity contribution < 1.29 is 9.53 Å². The SMILES string of the molecule is CCC[CH2][Sn]([CH2]CCC)([CH2]CCC)[c]1ccc(OC(=O)c2ccccc2NCc2ccncc2)cc1. The van der Waals surface area contributed by atoms with Gasteiger partial charge in [-0.05, 0) is 0 Å². The molecule has 192 valence electrons. The standard InChI is InChI=1S/C19H15N2O2.3C4H9.Sn/c22-19(23-16-6-2-1-3-7-16)17-8-4-5-9-18(17)21-14-15-10-12-20-13-11-15;3*1-3-4-2;/h2-13,21H,14H2;3*1,3-4H2,2H3;. The van der Waals surface area contributed by atoms with Crippen LogP contribution in [-0.4, -0.2) is 29.3 Å². The fourth-order valence-corrected chi connectivity index (χ4v) is 20.8. The molecule has 0 bridgehead atoms. The number of aromatic nitrogens is 1. The summed E-state index contributed by atoms with van der Waals surface area (Å²) < 4.78 is 11.7. The van der Waals surface area contributed by atoms with E-state index in [2.05, 4.69) is 43.2 Å². The Labute approximate surface area is 221 Å². The Morgan fingerprint density at radius 1 is 0.806 bits per heavy atom. The number of hydrogen-bond donors (Lipinski definition) is 1. The van der Waals surface area contributed by atoms with Crippen molar-refractivity contribution in [1.29, 1.82) is 0 Å². The van der Waals surface area contributed by atoms with Crippen LogP contribution in [0.15, 0.2) is 73.1 Å². The summed E-state index contributed by atoms with van der Waals surface area (Å²) in [6, 6.07) is 20.1. The number of unbranched alkanes of at least 4 members (excludes halogenated alkanes) is 3. The molecule has 5 heteroatoms. The molecule has 0 fully saturated rings. The van der Waals surface area contributed by atoms with Crippen LogP contribution in [0.2, 0.25) is 13.3 Å². The summed E-state index contributed by atoms with van der Waals surface area (Å²) in [5, 5.41) is 3.36. The van der Waals surface area contributed by atoms with E-state index in [9.17, 15) is 4.79 Å². The molecule has 0 aliphatic rings. The van der Waals surface area contributed by atoms with Gasteiger partial charge in [-0.25, -0.2) is 0 Å². The maximum atomic E-state index is 13.1. The van der Waals surface area contributed by atoms with Gasteiger partial charge in [-0.3, -0.25) is 4.98 Å². The van der Waals surface area contributed by atoms with E-state index in [-0.39, 0.29) is 5.97 Å². The summed E-state index contributed by atoms with van der Waals surface area (Å²) in [5.74, 6) is 0.285. The summed E-state index contributed by atoms with van der Waals surface area (Å²) >= 11 is -2.48. The van der Waals surface area contributed by atoms with Crippen molar-refractivity contribution in [2.75, 3.05) is 5.32 Å². The van der Waals surface area contributed by atoms with Gasteiger partial charge in [0.2, 0.25) is 0 Å². The van der Waals surface area contributed by atoms with Crippen molar-refractivity contribution >= 4 is 33.6 Å². The number of hydrogen-bond acceptors (Lipinski definition) is 4. The van der Waals surface area contributed by atoms with Gasteiger partial charge in [0.25, 0.3) is 0 Å². The van der Waals surface area contributed by atoms with E-state index in [4.69, 9.17) is 4.74 Å². The molecule has 1 N–H and O–H groups in total. The Balaban J connectivity index is 1.74. The van der Waals surface area contributed by atoms with Gasteiger partial charge < -0.3 is 0 Å². The van der Waals surface area contributed by atoms with Crippen LogP contribution in [0.1, 0.15) is 75.2 Å². The normalized spacial score (nSPS) is 11.3. The molecular weight excluding hydrogens is 551 g/mol. The van der Waals surface area contributed by atoms with Crippen LogP contribution >= 0.6 is 0 Å². The average Bonchev–Trinajstić information content (AvgIpc) is 2.93. The van der Waals surface area contributed by atoms with Crippen molar-refractivity contribution in [3.63, 3.8) is 0 Å². The van der Waals surface area contributed by atoms with Gasteiger partial charge in [0, 0.05) is 12.4 Å². The van der Waals surface area contributed by atoms with Crippen molar-refractivity contribution in [1.82, 2.24) is 4.98 Å². The Morgan fingerprint density at radius 2 is 1.39 bits per heavy atom. The van der Waals surface area contributed by atoms with E-state index >= 15 is 0 Å². The van der Waals surface area contributed by atoms with E-state index in [0.717, 1.165) is 11.3 Å². The molecule has 0 saturated carbocycles. The van der Waals surface area contributed by atoms with E-state index in [0.29, 0.717) is 17.9 Å². The Bertz CT molecular complexity index is 1030. The van der Waals surface area contributed by atoms with Crippen LogP contribution < -0.4 is 13.6 Å². The molecule has 3 aromatic rings. The summed E-state index contributed by atoms with van der Waals surface area (Å²) in [5.41, 5.74) is 2.41. The van der Waals surface area contributed by atoms with Crippen LogP contribution in [0.5, 0.6) is 5.75 Å². The Hall–Kier alpha value is -2.34. The number of anilines is 1. The van der Waals surface area contributed by atoms with E-state index in [1.165, 1.54) is 51.8 Å². The summed E-state index contributed by atoms with van der Waals surface area (Å²) in [4.78, 5) is 17.2. The number of ether oxygens (including phenoxy) is 1. The van der Waals surface area contributed by atoms with Crippen molar-refractivity contribution in [3.05, 3.63) is 84.2 Å². The molecule has 36 heavy (non-hydrogen) atoms. The molecule has 1 heterocycles. The molecule has 0 spiro atoms. The summed E-state index contributed by atoms with van der Waals surface area (Å²) in [6.45, 7) is 7.54. The number of pyridine rings is 1. The molecule has 0 aliphatic heterocycles. The predicted molar refractivity (Wildman–Crippen MR) is 154 cm³/mol. The van der Waals surface area contributed by atoms with Crippen molar-refractivity contribution in [2.24, 2.45) is 0 Å². The van der Waals surface area contributed by atoms with Gasteiger partial charge in [-0.1, -0.05) is 0 Å². The first-order valence-electron chi connectivity index (χ1n) is 13.7. The number of carbonyl (C=O) groups excluding carboxylic acids is 1. The van der Waals surface area contributed by atoms with Crippen LogP contribution in [0, 0.1) is 0 Å². The van der Waals surface area contributed by atoms with Gasteiger partial charge >= 0.3 is 205 Å². The quantitative estimate of drug-likeness (QED) is 0.110. The van der Waals surface area contributed by atoms with Crippen molar-refractivity contribution in [2.45, 2.75) is 79.2 Å². The first-order chi connectivity index (χ1) is 17.6. The summed E-state index contributed by atoms with van der Waals surface area (Å²) in [7, 11) is 0. The molecule has 0 amide bonds. The monoisotopic (exact) mass is 594 g/mol. The second-order valence-electron chi connectivity index (χ2n) is 9.76. The average molecular weight is 593 g/mol. The third-order valence-electron chi connectivity index (χ3n) is 7.08. The molecular formula is C31H42N2O2Sn. The number of nitrogens with zero attached hydrogens (tertiary/aromatic N) is 1. The Kier molecular flexibility index (Phi) is 11.8. The predicted octanol–water partition coefficient (Wildman–Crippen LogP) is 7.97. The molecule has 1 aromatic heterocycles. The number of benzene rings is 2. The minimum atomic E-state index is -2.48. The van der Waals surface area contributed by atoms with Gasteiger partial charge in [0.15, 0.2) is 0 Å². The van der Waals surface area contributed by atoms with Crippen LogP contribution in [0.3, 0.4) is 0 Å². The third kappa shape index (κ3) is 8.09. The molecule has 0 saturated heterocycles. The van der Waals surface area contributed by atoms with E-state index in [1.54, 1.807) is 16.0 Å². The van der Waals surface area contributed by atoms with E-state index in [1.807, 2.05) is 48.5 Å². The second kappa shape index (κ2) is 15.0. The Morgan fingerprint density at radius 3 is 1.97 bits per heavy atom. The molecule has 4 nitrogen and oxygen atoms in total. The molecule has 0 atom stereocenters. The molecule has 3 rings (SSSR count). The van der Waals surface area contributed by atoms with Crippen LogP contribution in [0.25, 0.3) is 0 Å². The van der Waals surface area contributed by atoms with Crippen LogP contribution in [-0.2, 0) is 6.54 Å². The van der Waals surface area contributed by atoms with Crippen molar-refractivity contribution in [3.8, 4) is 5.75 Å². The number of rotatable bonds is 15. The fourth-order valence-electron chi connectivity index (χ4n) is 4.91. The first kappa shape index (κ1) is 28.2. The second-order valence-corrected chi connectivity index (χ2v) is 23.0. The number of esters is 1. The zero-order chi connectivity index (χ0) is 25.6. The van der Waals surface area contributed by atoms with Gasteiger partial charge in [-0.2, -0.15) is 0 Å².